The van der Waals surface area contributed by atoms with Gasteiger partial charge < -0.3 is 9.72 Å². The number of rotatable bonds is 1. The van der Waals surface area contributed by atoms with Crippen LogP contribution in [0.5, 0.6) is 0 Å². The highest BCUT2D eigenvalue weighted by Crippen LogP contribution is 2.21. The Morgan fingerprint density at radius 2 is 2.25 bits per heavy atom. The molecule has 0 fully saturated rings. The molecule has 0 saturated heterocycles. The van der Waals surface area contributed by atoms with Gasteiger partial charge in [0.05, 0.1) is 34.9 Å². The van der Waals surface area contributed by atoms with Gasteiger partial charge in [-0.15, -0.1) is 0 Å². The Balaban J connectivity index is 2.77. The number of aromatic amines is 1. The highest BCUT2D eigenvalue weighted by atomic mass is 35.5. The molecule has 16 heavy (non-hydrogen) atoms. The highest BCUT2D eigenvalue weighted by molar-refractivity contribution is 6.34. The smallest absolute Gasteiger partial charge is 0.339 e. The monoisotopic (exact) mass is 238 g/mol. The third-order valence-electron chi connectivity index (χ3n) is 2.13. The van der Waals surface area contributed by atoms with E-state index in [4.69, 9.17) is 11.6 Å². The first kappa shape index (κ1) is 10.6. The molecule has 1 heterocycles. The summed E-state index contributed by atoms with van der Waals surface area (Å²) in [6.07, 6.45) is 1.26. The summed E-state index contributed by atoms with van der Waals surface area (Å²) in [6.45, 7) is 0. The number of ether oxygens (including phenoxy) is 1. The Morgan fingerprint density at radius 1 is 1.50 bits per heavy atom. The maximum atomic E-state index is 11.4. The van der Waals surface area contributed by atoms with Crippen LogP contribution in [0.15, 0.2) is 23.3 Å². The standard InChI is InChI=1S/C10H7ClN2O3/c1-16-10(15)5-3-8-6(2-7(5)11)9(14)13-4-12-8/h2-4H,1H3,(H,12,13,14). The Labute approximate surface area is 95.0 Å². The van der Waals surface area contributed by atoms with Crippen molar-refractivity contribution in [1.82, 2.24) is 9.97 Å². The average molecular weight is 239 g/mol. The van der Waals surface area contributed by atoms with Crippen molar-refractivity contribution in [2.24, 2.45) is 0 Å². The summed E-state index contributed by atoms with van der Waals surface area (Å²) in [5, 5.41) is 0.498. The number of esters is 1. The van der Waals surface area contributed by atoms with Crippen molar-refractivity contribution in [2.75, 3.05) is 7.11 Å². The Kier molecular flexibility index (Phi) is 2.62. The lowest BCUT2D eigenvalue weighted by atomic mass is 10.1. The van der Waals surface area contributed by atoms with Crippen molar-refractivity contribution in [2.45, 2.75) is 0 Å². The summed E-state index contributed by atoms with van der Waals surface area (Å²) < 4.78 is 4.56. The van der Waals surface area contributed by atoms with Crippen LogP contribution in [-0.4, -0.2) is 23.0 Å². The van der Waals surface area contributed by atoms with Gasteiger partial charge in [0.15, 0.2) is 0 Å². The first-order chi connectivity index (χ1) is 7.63. The van der Waals surface area contributed by atoms with Crippen molar-refractivity contribution in [1.29, 1.82) is 0 Å². The fraction of sp³-hybridized carbons (Fsp3) is 0.100. The van der Waals surface area contributed by atoms with E-state index >= 15 is 0 Å². The van der Waals surface area contributed by atoms with Crippen molar-refractivity contribution < 1.29 is 9.53 Å². The van der Waals surface area contributed by atoms with Crippen molar-refractivity contribution >= 4 is 28.5 Å². The number of benzene rings is 1. The van der Waals surface area contributed by atoms with E-state index in [1.54, 1.807) is 0 Å². The summed E-state index contributed by atoms with van der Waals surface area (Å²) in [4.78, 5) is 29.1. The third-order valence-corrected chi connectivity index (χ3v) is 2.45. The number of H-pyrrole nitrogens is 1. The number of fused-ring (bicyclic) bond motifs is 1. The molecule has 0 radical (unpaired) electrons. The van der Waals surface area contributed by atoms with Gasteiger partial charge in [0.1, 0.15) is 0 Å². The van der Waals surface area contributed by atoms with Gasteiger partial charge in [0, 0.05) is 0 Å². The Hall–Kier alpha value is -1.88. The highest BCUT2D eigenvalue weighted by Gasteiger charge is 2.13. The lowest BCUT2D eigenvalue weighted by Crippen LogP contribution is -2.08. The number of hydrogen-bond acceptors (Lipinski definition) is 4. The average Bonchev–Trinajstić information content (AvgIpc) is 2.29. The summed E-state index contributed by atoms with van der Waals surface area (Å²) >= 11 is 5.87. The van der Waals surface area contributed by atoms with Gasteiger partial charge in [-0.25, -0.2) is 9.78 Å². The molecule has 0 bridgehead atoms. The predicted octanol–water partition coefficient (Wildman–Crippen LogP) is 1.36. The van der Waals surface area contributed by atoms with E-state index in [9.17, 15) is 9.59 Å². The molecule has 0 unspecified atom stereocenters. The van der Waals surface area contributed by atoms with Gasteiger partial charge in [-0.3, -0.25) is 4.79 Å². The number of carbonyl (C=O) groups is 1. The van der Waals surface area contributed by atoms with Crippen LogP contribution in [-0.2, 0) is 4.74 Å². The van der Waals surface area contributed by atoms with Crippen LogP contribution in [0.4, 0.5) is 0 Å². The minimum Gasteiger partial charge on any atom is -0.465 e. The quantitative estimate of drug-likeness (QED) is 0.762. The van der Waals surface area contributed by atoms with Crippen molar-refractivity contribution in [3.63, 3.8) is 0 Å². The van der Waals surface area contributed by atoms with Crippen molar-refractivity contribution in [3.05, 3.63) is 39.4 Å². The predicted molar refractivity (Wildman–Crippen MR) is 58.7 cm³/mol. The molecule has 0 saturated carbocycles. The maximum Gasteiger partial charge on any atom is 0.339 e. The first-order valence-corrected chi connectivity index (χ1v) is 4.76. The summed E-state index contributed by atoms with van der Waals surface area (Å²) in [5.41, 5.74) is 0.284. The molecule has 1 aromatic carbocycles. The zero-order valence-corrected chi connectivity index (χ0v) is 9.04. The van der Waals surface area contributed by atoms with E-state index in [-0.39, 0.29) is 16.1 Å². The molecule has 0 aliphatic heterocycles. The SMILES string of the molecule is COC(=O)c1cc2nc[nH]c(=O)c2cc1Cl. The zero-order chi connectivity index (χ0) is 11.7. The van der Waals surface area contributed by atoms with Crippen LogP contribution in [0.25, 0.3) is 10.9 Å². The summed E-state index contributed by atoms with van der Waals surface area (Å²) in [7, 11) is 1.26. The Morgan fingerprint density at radius 3 is 2.94 bits per heavy atom. The second-order valence-electron chi connectivity index (χ2n) is 3.07. The van der Waals surface area contributed by atoms with Crippen LogP contribution in [0, 0.1) is 0 Å². The molecule has 82 valence electrons. The van der Waals surface area contributed by atoms with Crippen LogP contribution in [0.3, 0.4) is 0 Å². The molecule has 0 atom stereocenters. The number of hydrogen-bond donors (Lipinski definition) is 1. The van der Waals surface area contributed by atoms with Gasteiger partial charge in [-0.2, -0.15) is 0 Å². The van der Waals surface area contributed by atoms with E-state index in [0.29, 0.717) is 10.9 Å². The van der Waals surface area contributed by atoms with Crippen LogP contribution >= 0.6 is 11.6 Å². The molecule has 5 nitrogen and oxygen atoms in total. The molecular weight excluding hydrogens is 232 g/mol. The second kappa shape index (κ2) is 3.94. The number of methoxy groups -OCH3 is 1. The van der Waals surface area contributed by atoms with Gasteiger partial charge >= 0.3 is 5.97 Å². The first-order valence-electron chi connectivity index (χ1n) is 4.38. The van der Waals surface area contributed by atoms with Crippen LogP contribution in [0.1, 0.15) is 10.4 Å². The molecule has 1 N–H and O–H groups in total. The minimum atomic E-state index is -0.561. The molecule has 0 aliphatic rings. The zero-order valence-electron chi connectivity index (χ0n) is 8.28. The molecule has 2 rings (SSSR count). The second-order valence-corrected chi connectivity index (χ2v) is 3.48. The number of nitrogens with zero attached hydrogens (tertiary/aromatic N) is 1. The Bertz CT molecular complexity index is 621. The molecule has 0 aliphatic carbocycles. The summed E-state index contributed by atoms with van der Waals surface area (Å²) in [6, 6.07) is 2.83. The number of aromatic nitrogens is 2. The molecule has 0 spiro atoms. The van der Waals surface area contributed by atoms with E-state index in [1.807, 2.05) is 0 Å². The van der Waals surface area contributed by atoms with E-state index < -0.39 is 5.97 Å². The van der Waals surface area contributed by atoms with Crippen LogP contribution in [0.2, 0.25) is 5.02 Å². The van der Waals surface area contributed by atoms with E-state index in [0.717, 1.165) is 0 Å². The number of carbonyl (C=O) groups excluding carboxylic acids is 1. The van der Waals surface area contributed by atoms with Gasteiger partial charge in [0.25, 0.3) is 5.56 Å². The number of nitrogens with one attached hydrogen (secondary N) is 1. The third kappa shape index (κ3) is 1.65. The van der Waals surface area contributed by atoms with Gasteiger partial charge in [0.2, 0.25) is 0 Å². The summed E-state index contributed by atoms with van der Waals surface area (Å²) in [5.74, 6) is -0.561. The van der Waals surface area contributed by atoms with Crippen LogP contribution < -0.4 is 5.56 Å². The maximum absolute atomic E-state index is 11.4. The van der Waals surface area contributed by atoms with E-state index in [1.165, 1.54) is 25.6 Å². The lowest BCUT2D eigenvalue weighted by molar-refractivity contribution is 0.0601. The fourth-order valence-electron chi connectivity index (χ4n) is 1.36. The van der Waals surface area contributed by atoms with E-state index in [2.05, 4.69) is 14.7 Å². The molecule has 0 amide bonds. The molecule has 2 aromatic rings. The topological polar surface area (TPSA) is 72.0 Å². The molecule has 6 heteroatoms. The fourth-order valence-corrected chi connectivity index (χ4v) is 1.60. The largest absolute Gasteiger partial charge is 0.465 e. The number of halogens is 1. The van der Waals surface area contributed by atoms with Gasteiger partial charge in [-0.1, -0.05) is 11.6 Å². The normalized spacial score (nSPS) is 10.4. The van der Waals surface area contributed by atoms with Crippen molar-refractivity contribution in [3.8, 4) is 0 Å². The van der Waals surface area contributed by atoms with Gasteiger partial charge in [-0.05, 0) is 12.1 Å². The lowest BCUT2D eigenvalue weighted by Gasteiger charge is -2.03. The minimum absolute atomic E-state index is 0.165. The molecular formula is C10H7ClN2O3. The molecule has 1 aromatic heterocycles.